The van der Waals surface area contributed by atoms with E-state index in [-0.39, 0.29) is 5.91 Å². The highest BCUT2D eigenvalue weighted by molar-refractivity contribution is 7.10. The number of nitrogens with one attached hydrogen (secondary N) is 1. The van der Waals surface area contributed by atoms with Crippen LogP contribution in [0.1, 0.15) is 48.6 Å². The van der Waals surface area contributed by atoms with Crippen molar-refractivity contribution in [2.75, 3.05) is 19.6 Å². The van der Waals surface area contributed by atoms with Gasteiger partial charge in [-0.2, -0.15) is 0 Å². The smallest absolute Gasteiger partial charge is 0.236 e. The predicted molar refractivity (Wildman–Crippen MR) is 78.4 cm³/mol. The number of aryl methyl sites for hydroxylation is 1. The monoisotopic (exact) mass is 278 g/mol. The van der Waals surface area contributed by atoms with Crippen molar-refractivity contribution >= 4 is 17.2 Å². The van der Waals surface area contributed by atoms with E-state index in [1.807, 2.05) is 16.2 Å². The quantitative estimate of drug-likeness (QED) is 0.922. The molecule has 1 saturated heterocycles. The number of carbonyl (C=O) groups is 1. The van der Waals surface area contributed by atoms with Gasteiger partial charge in [-0.3, -0.25) is 4.79 Å². The molecular formula is C15H22N2OS. The van der Waals surface area contributed by atoms with E-state index in [1.165, 1.54) is 42.5 Å². The van der Waals surface area contributed by atoms with Crippen LogP contribution in [0.2, 0.25) is 0 Å². The summed E-state index contributed by atoms with van der Waals surface area (Å²) in [6.45, 7) is 2.41. The van der Waals surface area contributed by atoms with Crippen molar-refractivity contribution < 1.29 is 4.79 Å². The fourth-order valence-electron chi connectivity index (χ4n) is 3.16. The zero-order valence-electron chi connectivity index (χ0n) is 11.4. The summed E-state index contributed by atoms with van der Waals surface area (Å²) in [6, 6.07) is 2.62. The fourth-order valence-corrected chi connectivity index (χ4v) is 4.15. The minimum absolute atomic E-state index is 0.280. The number of thiophene rings is 1. The number of rotatable bonds is 3. The highest BCUT2D eigenvalue weighted by Crippen LogP contribution is 2.33. The molecule has 0 aromatic carbocycles. The van der Waals surface area contributed by atoms with Crippen LogP contribution in [0.4, 0.5) is 0 Å². The molecule has 1 amide bonds. The summed E-state index contributed by atoms with van der Waals surface area (Å²) in [5.74, 6) is 0.280. The Labute approximate surface area is 119 Å². The van der Waals surface area contributed by atoms with Gasteiger partial charge in [0.1, 0.15) is 0 Å². The zero-order chi connectivity index (χ0) is 13.1. The summed E-state index contributed by atoms with van der Waals surface area (Å²) < 4.78 is 0. The standard InChI is InChI=1S/C15H22N2OS/c18-15(17-8-2-1-3-9-17)11-16-13-5-4-6-14-12(13)7-10-19-14/h7,10,13,16H,1-6,8-9,11H2. The van der Waals surface area contributed by atoms with Gasteiger partial charge in [0.15, 0.2) is 0 Å². The number of carbonyl (C=O) groups excluding carboxylic acids is 1. The first-order chi connectivity index (χ1) is 9.34. The van der Waals surface area contributed by atoms with Crippen molar-refractivity contribution in [3.8, 4) is 0 Å². The van der Waals surface area contributed by atoms with Gasteiger partial charge in [0.25, 0.3) is 0 Å². The number of fused-ring (bicyclic) bond motifs is 1. The summed E-state index contributed by atoms with van der Waals surface area (Å²) in [7, 11) is 0. The fraction of sp³-hybridized carbons (Fsp3) is 0.667. The van der Waals surface area contributed by atoms with E-state index >= 15 is 0 Å². The number of hydrogen-bond acceptors (Lipinski definition) is 3. The summed E-state index contributed by atoms with van der Waals surface area (Å²) in [5, 5.41) is 5.65. The van der Waals surface area contributed by atoms with Crippen LogP contribution in [-0.4, -0.2) is 30.4 Å². The van der Waals surface area contributed by atoms with Gasteiger partial charge in [0.2, 0.25) is 5.91 Å². The largest absolute Gasteiger partial charge is 0.342 e. The molecule has 0 saturated carbocycles. The number of nitrogens with zero attached hydrogens (tertiary/aromatic N) is 1. The molecular weight excluding hydrogens is 256 g/mol. The Morgan fingerprint density at radius 3 is 3.00 bits per heavy atom. The van der Waals surface area contributed by atoms with Gasteiger partial charge in [-0.25, -0.2) is 0 Å². The second kappa shape index (κ2) is 6.06. The van der Waals surface area contributed by atoms with E-state index in [9.17, 15) is 4.79 Å². The Morgan fingerprint density at radius 2 is 2.16 bits per heavy atom. The van der Waals surface area contributed by atoms with Crippen LogP contribution in [0.5, 0.6) is 0 Å². The molecule has 1 aliphatic carbocycles. The summed E-state index contributed by atoms with van der Waals surface area (Å²) >= 11 is 1.86. The molecule has 19 heavy (non-hydrogen) atoms. The maximum absolute atomic E-state index is 12.2. The van der Waals surface area contributed by atoms with Crippen LogP contribution in [0.25, 0.3) is 0 Å². The first kappa shape index (κ1) is 13.1. The summed E-state index contributed by atoms with van der Waals surface area (Å²) in [6.07, 6.45) is 7.23. The predicted octanol–water partition coefficient (Wildman–Crippen LogP) is 2.73. The van der Waals surface area contributed by atoms with Crippen LogP contribution in [0, 0.1) is 0 Å². The van der Waals surface area contributed by atoms with E-state index in [4.69, 9.17) is 0 Å². The molecule has 1 atom stereocenters. The van der Waals surface area contributed by atoms with E-state index in [0.29, 0.717) is 12.6 Å². The number of hydrogen-bond donors (Lipinski definition) is 1. The van der Waals surface area contributed by atoms with Gasteiger partial charge in [-0.05, 0) is 55.5 Å². The van der Waals surface area contributed by atoms with Gasteiger partial charge >= 0.3 is 0 Å². The van der Waals surface area contributed by atoms with Crippen LogP contribution in [0.15, 0.2) is 11.4 Å². The maximum atomic E-state index is 12.2. The molecule has 1 aliphatic heterocycles. The van der Waals surface area contributed by atoms with Gasteiger partial charge in [0, 0.05) is 24.0 Å². The molecule has 0 spiro atoms. The molecule has 1 N–H and O–H groups in total. The van der Waals surface area contributed by atoms with Crippen LogP contribution < -0.4 is 5.32 Å². The lowest BCUT2D eigenvalue weighted by atomic mass is 9.94. The first-order valence-corrected chi connectivity index (χ1v) is 8.30. The van der Waals surface area contributed by atoms with Gasteiger partial charge in [-0.1, -0.05) is 0 Å². The van der Waals surface area contributed by atoms with Crippen LogP contribution in [-0.2, 0) is 11.2 Å². The highest BCUT2D eigenvalue weighted by atomic mass is 32.1. The molecule has 1 unspecified atom stereocenters. The molecule has 0 bridgehead atoms. The van der Waals surface area contributed by atoms with Crippen LogP contribution in [0.3, 0.4) is 0 Å². The van der Waals surface area contributed by atoms with Crippen molar-refractivity contribution in [1.29, 1.82) is 0 Å². The Hall–Kier alpha value is -0.870. The van der Waals surface area contributed by atoms with Crippen LogP contribution >= 0.6 is 11.3 Å². The molecule has 0 radical (unpaired) electrons. The molecule has 1 fully saturated rings. The Balaban J connectivity index is 1.54. The topological polar surface area (TPSA) is 32.3 Å². The molecule has 3 rings (SSSR count). The van der Waals surface area contributed by atoms with Crippen molar-refractivity contribution in [1.82, 2.24) is 10.2 Å². The molecule has 2 heterocycles. The van der Waals surface area contributed by atoms with Crippen molar-refractivity contribution in [2.45, 2.75) is 44.6 Å². The minimum Gasteiger partial charge on any atom is -0.342 e. The molecule has 2 aliphatic rings. The zero-order valence-corrected chi connectivity index (χ0v) is 12.2. The maximum Gasteiger partial charge on any atom is 0.236 e. The summed E-state index contributed by atoms with van der Waals surface area (Å²) in [4.78, 5) is 15.7. The second-order valence-corrected chi connectivity index (χ2v) is 6.57. The summed E-state index contributed by atoms with van der Waals surface area (Å²) in [5.41, 5.74) is 1.43. The Kier molecular flexibility index (Phi) is 4.18. The third-order valence-electron chi connectivity index (χ3n) is 4.26. The SMILES string of the molecule is O=C(CNC1CCCc2sccc21)N1CCCCC1. The van der Waals surface area contributed by atoms with E-state index in [2.05, 4.69) is 16.8 Å². The molecule has 1 aromatic rings. The molecule has 4 heteroatoms. The normalized spacial score (nSPS) is 23.2. The molecule has 3 nitrogen and oxygen atoms in total. The van der Waals surface area contributed by atoms with Crippen molar-refractivity contribution in [3.63, 3.8) is 0 Å². The second-order valence-electron chi connectivity index (χ2n) is 5.57. The lowest BCUT2D eigenvalue weighted by molar-refractivity contribution is -0.131. The number of piperidine rings is 1. The lowest BCUT2D eigenvalue weighted by Crippen LogP contribution is -2.42. The molecule has 104 valence electrons. The minimum atomic E-state index is 0.280. The highest BCUT2D eigenvalue weighted by Gasteiger charge is 2.23. The average Bonchev–Trinajstić information content (AvgIpc) is 2.94. The van der Waals surface area contributed by atoms with E-state index in [0.717, 1.165) is 19.5 Å². The number of amides is 1. The van der Waals surface area contributed by atoms with Gasteiger partial charge in [-0.15, -0.1) is 11.3 Å². The van der Waals surface area contributed by atoms with E-state index in [1.54, 1.807) is 0 Å². The van der Waals surface area contributed by atoms with E-state index < -0.39 is 0 Å². The van der Waals surface area contributed by atoms with Crippen molar-refractivity contribution in [3.05, 3.63) is 21.9 Å². The first-order valence-electron chi connectivity index (χ1n) is 7.42. The van der Waals surface area contributed by atoms with Crippen molar-refractivity contribution in [2.24, 2.45) is 0 Å². The Bertz CT molecular complexity index is 437. The third kappa shape index (κ3) is 3.00. The van der Waals surface area contributed by atoms with Gasteiger partial charge < -0.3 is 10.2 Å². The number of likely N-dealkylation sites (tertiary alicyclic amines) is 1. The Morgan fingerprint density at radius 1 is 1.32 bits per heavy atom. The third-order valence-corrected chi connectivity index (χ3v) is 5.26. The average molecular weight is 278 g/mol. The lowest BCUT2D eigenvalue weighted by Gasteiger charge is -2.29. The molecule has 1 aromatic heterocycles. The van der Waals surface area contributed by atoms with Gasteiger partial charge in [0.05, 0.1) is 6.54 Å².